The van der Waals surface area contributed by atoms with Crippen LogP contribution < -0.4 is 9.47 Å². The molecule has 1 saturated heterocycles. The number of para-hydroxylation sites is 2. The molecule has 8 rings (SSSR count). The van der Waals surface area contributed by atoms with Gasteiger partial charge in [0.15, 0.2) is 0 Å². The third-order valence-electron chi connectivity index (χ3n) is 8.88. The third kappa shape index (κ3) is 3.39. The second-order valence-electron chi connectivity index (χ2n) is 10.9. The minimum absolute atomic E-state index is 0.0355. The van der Waals surface area contributed by atoms with E-state index in [-0.39, 0.29) is 5.41 Å². The van der Waals surface area contributed by atoms with E-state index in [2.05, 4.69) is 36.4 Å². The van der Waals surface area contributed by atoms with Crippen LogP contribution >= 0.6 is 0 Å². The maximum atomic E-state index is 6.59. The van der Waals surface area contributed by atoms with E-state index in [4.69, 9.17) is 23.7 Å². The highest BCUT2D eigenvalue weighted by Crippen LogP contribution is 2.60. The number of benzene rings is 2. The first-order valence-electron chi connectivity index (χ1n) is 13.1. The Hall–Kier alpha value is -2.08. The van der Waals surface area contributed by atoms with Gasteiger partial charge in [-0.1, -0.05) is 36.4 Å². The maximum absolute atomic E-state index is 6.59. The van der Waals surface area contributed by atoms with Crippen molar-refractivity contribution in [1.82, 2.24) is 0 Å². The van der Waals surface area contributed by atoms with Crippen LogP contribution in [0.3, 0.4) is 0 Å². The van der Waals surface area contributed by atoms with Crippen molar-refractivity contribution < 1.29 is 23.7 Å². The molecule has 3 aliphatic carbocycles. The summed E-state index contributed by atoms with van der Waals surface area (Å²) < 4.78 is 30.9. The Bertz CT molecular complexity index is 924. The quantitative estimate of drug-likeness (QED) is 0.542. The lowest BCUT2D eigenvalue weighted by Crippen LogP contribution is -2.50. The predicted octanol–water partition coefficient (Wildman–Crippen LogP) is 5.14. The molecule has 6 bridgehead atoms. The van der Waals surface area contributed by atoms with Gasteiger partial charge in [-0.2, -0.15) is 0 Å². The van der Waals surface area contributed by atoms with Gasteiger partial charge in [0, 0.05) is 0 Å². The van der Waals surface area contributed by atoms with E-state index in [0.717, 1.165) is 11.5 Å². The van der Waals surface area contributed by atoms with Crippen molar-refractivity contribution in [3.8, 4) is 11.5 Å². The van der Waals surface area contributed by atoms with Crippen LogP contribution in [-0.2, 0) is 14.2 Å². The first-order chi connectivity index (χ1) is 16.8. The molecule has 0 unspecified atom stereocenters. The van der Waals surface area contributed by atoms with Crippen LogP contribution in [0.2, 0.25) is 0 Å². The van der Waals surface area contributed by atoms with E-state index in [1.807, 2.05) is 0 Å². The summed E-state index contributed by atoms with van der Waals surface area (Å²) in [7, 11) is 0. The zero-order valence-electron chi connectivity index (χ0n) is 19.8. The summed E-state index contributed by atoms with van der Waals surface area (Å²) in [4.78, 5) is 0. The van der Waals surface area contributed by atoms with Gasteiger partial charge in [0.05, 0.1) is 45.1 Å². The lowest BCUT2D eigenvalue weighted by atomic mass is 9.61. The highest BCUT2D eigenvalue weighted by atomic mass is 16.6. The topological polar surface area (TPSA) is 46.2 Å². The predicted molar refractivity (Wildman–Crippen MR) is 128 cm³/mol. The maximum Gasteiger partial charge on any atom is 0.126 e. The molecule has 2 aromatic carbocycles. The van der Waals surface area contributed by atoms with Crippen LogP contribution in [0.25, 0.3) is 0 Å². The fourth-order valence-electron chi connectivity index (χ4n) is 6.72. The van der Waals surface area contributed by atoms with Crippen molar-refractivity contribution in [3.63, 3.8) is 0 Å². The molecule has 34 heavy (non-hydrogen) atoms. The van der Waals surface area contributed by atoms with Gasteiger partial charge in [0.2, 0.25) is 0 Å². The minimum atomic E-state index is -0.0355. The molecule has 2 aromatic rings. The van der Waals surface area contributed by atoms with E-state index < -0.39 is 0 Å². The van der Waals surface area contributed by atoms with Gasteiger partial charge in [-0.15, -0.1) is 0 Å². The first-order valence-corrected chi connectivity index (χ1v) is 13.1. The number of rotatable bonds is 0. The second kappa shape index (κ2) is 8.54. The molecule has 180 valence electrons. The van der Waals surface area contributed by atoms with Gasteiger partial charge in [0.1, 0.15) is 24.7 Å². The Morgan fingerprint density at radius 1 is 0.500 bits per heavy atom. The number of hydrogen-bond donors (Lipinski definition) is 0. The average molecular weight is 463 g/mol. The van der Waals surface area contributed by atoms with Gasteiger partial charge < -0.3 is 23.7 Å². The molecule has 5 heteroatoms. The van der Waals surface area contributed by atoms with Crippen LogP contribution in [0.5, 0.6) is 11.5 Å². The van der Waals surface area contributed by atoms with Gasteiger partial charge in [-0.05, 0) is 71.6 Å². The Balaban J connectivity index is 1.30. The fraction of sp³-hybridized carbons (Fsp3) is 0.586. The van der Waals surface area contributed by atoms with Crippen LogP contribution in [0, 0.1) is 5.41 Å². The standard InChI is InChI=1S/C29H34O5/c1-3-23-19-7-9-21(19)25-5-2-6-26-22-10-8-20(22)24(4-1)27(23)33-13-11-30-15-29(17-32-18-29)16-31-12-14-34-28(25)26/h1-6,19-22H,7-18H2/t19-,20+,21+,22-. The Labute approximate surface area is 201 Å². The van der Waals surface area contributed by atoms with Crippen LogP contribution in [0.4, 0.5) is 0 Å². The molecule has 5 nitrogen and oxygen atoms in total. The monoisotopic (exact) mass is 462 g/mol. The summed E-state index contributed by atoms with van der Waals surface area (Å²) in [6.45, 7) is 5.02. The van der Waals surface area contributed by atoms with Crippen molar-refractivity contribution in [3.05, 3.63) is 58.7 Å². The van der Waals surface area contributed by atoms with E-state index in [1.165, 1.54) is 47.9 Å². The van der Waals surface area contributed by atoms with Crippen molar-refractivity contribution in [2.75, 3.05) is 52.9 Å². The molecule has 0 amide bonds. The lowest BCUT2D eigenvalue weighted by Gasteiger charge is -2.44. The summed E-state index contributed by atoms with van der Waals surface area (Å²) in [6.07, 6.45) is 4.80. The van der Waals surface area contributed by atoms with Gasteiger partial charge in [-0.3, -0.25) is 0 Å². The molecule has 3 fully saturated rings. The van der Waals surface area contributed by atoms with Gasteiger partial charge in [-0.25, -0.2) is 0 Å². The molecule has 1 spiro atoms. The molecular formula is C29H34O5. The van der Waals surface area contributed by atoms with Crippen molar-refractivity contribution in [2.24, 2.45) is 5.41 Å². The summed E-state index contributed by atoms with van der Waals surface area (Å²) in [5, 5.41) is 0. The molecule has 3 aliphatic heterocycles. The zero-order chi connectivity index (χ0) is 22.5. The van der Waals surface area contributed by atoms with E-state index in [0.29, 0.717) is 76.5 Å². The van der Waals surface area contributed by atoms with E-state index in [9.17, 15) is 0 Å². The molecule has 3 heterocycles. The molecule has 0 N–H and O–H groups in total. The van der Waals surface area contributed by atoms with E-state index >= 15 is 0 Å². The van der Waals surface area contributed by atoms with Crippen molar-refractivity contribution in [1.29, 1.82) is 0 Å². The summed E-state index contributed by atoms with van der Waals surface area (Å²) in [6, 6.07) is 13.7. The second-order valence-corrected chi connectivity index (χ2v) is 10.9. The number of hydrogen-bond acceptors (Lipinski definition) is 5. The lowest BCUT2D eigenvalue weighted by molar-refractivity contribution is -0.179. The molecule has 0 aromatic heterocycles. The summed E-state index contributed by atoms with van der Waals surface area (Å²) >= 11 is 0. The first kappa shape index (κ1) is 21.2. The van der Waals surface area contributed by atoms with E-state index in [1.54, 1.807) is 0 Å². The van der Waals surface area contributed by atoms with Crippen LogP contribution in [0.1, 0.15) is 71.6 Å². The molecule has 4 atom stereocenters. The number of fused-ring (bicyclic) bond motifs is 8. The third-order valence-corrected chi connectivity index (χ3v) is 8.88. The van der Waals surface area contributed by atoms with Gasteiger partial charge in [0.25, 0.3) is 0 Å². The van der Waals surface area contributed by atoms with Crippen molar-refractivity contribution >= 4 is 0 Å². The minimum Gasteiger partial charge on any atom is -0.491 e. The normalized spacial score (nSPS) is 31.6. The summed E-state index contributed by atoms with van der Waals surface area (Å²) in [5.41, 5.74) is 5.50. The Kier molecular flexibility index (Phi) is 5.33. The number of ether oxygens (including phenoxy) is 5. The van der Waals surface area contributed by atoms with Crippen LogP contribution in [0.15, 0.2) is 36.4 Å². The SMILES string of the molecule is c1cc2c3c(c1)[C@@H]1CC[C@@H]1c1cccc(c1OCCOCC1(COCCO3)COC1)[C@@H]1CC[C@H]21. The van der Waals surface area contributed by atoms with Crippen LogP contribution in [-0.4, -0.2) is 52.9 Å². The highest BCUT2D eigenvalue weighted by molar-refractivity contribution is 5.56. The fourth-order valence-corrected chi connectivity index (χ4v) is 6.72. The largest absolute Gasteiger partial charge is 0.491 e. The Morgan fingerprint density at radius 3 is 1.21 bits per heavy atom. The summed E-state index contributed by atoms with van der Waals surface area (Å²) in [5.74, 6) is 4.19. The molecule has 2 saturated carbocycles. The average Bonchev–Trinajstić information content (AvgIpc) is 2.76. The molecular weight excluding hydrogens is 428 g/mol. The van der Waals surface area contributed by atoms with Gasteiger partial charge >= 0.3 is 0 Å². The van der Waals surface area contributed by atoms with Crippen molar-refractivity contribution in [2.45, 2.75) is 49.4 Å². The highest BCUT2D eigenvalue weighted by Gasteiger charge is 2.44. The Morgan fingerprint density at radius 2 is 0.882 bits per heavy atom. The zero-order valence-corrected chi connectivity index (χ0v) is 19.8. The molecule has 0 radical (unpaired) electrons. The molecule has 6 aliphatic rings. The smallest absolute Gasteiger partial charge is 0.126 e.